The van der Waals surface area contributed by atoms with Gasteiger partial charge in [0.05, 0.1) is 6.61 Å². The van der Waals surface area contributed by atoms with E-state index in [2.05, 4.69) is 15.3 Å². The summed E-state index contributed by atoms with van der Waals surface area (Å²) in [5.74, 6) is 0.732. The van der Waals surface area contributed by atoms with Gasteiger partial charge in [-0.3, -0.25) is 0 Å². The monoisotopic (exact) mass is 325 g/mol. The van der Waals surface area contributed by atoms with Crippen molar-refractivity contribution in [1.29, 1.82) is 0 Å². The number of hydrogen-bond acceptors (Lipinski definition) is 4. The van der Waals surface area contributed by atoms with Gasteiger partial charge in [-0.2, -0.15) is 0 Å². The number of rotatable bonds is 5. The van der Waals surface area contributed by atoms with Crippen LogP contribution in [0.5, 0.6) is 0 Å². The maximum absolute atomic E-state index is 5.93. The normalized spacial score (nSPS) is 18.9. The van der Waals surface area contributed by atoms with Crippen LogP contribution in [0.2, 0.25) is 10.4 Å². The summed E-state index contributed by atoms with van der Waals surface area (Å²) >= 11 is 11.6. The highest BCUT2D eigenvalue weighted by Crippen LogP contribution is 2.17. The number of piperidine rings is 1. The zero-order valence-corrected chi connectivity index (χ0v) is 12.9. The van der Waals surface area contributed by atoms with E-state index < -0.39 is 0 Å². The van der Waals surface area contributed by atoms with Crippen LogP contribution < -0.4 is 5.32 Å². The fourth-order valence-electron chi connectivity index (χ4n) is 2.07. The quantitative estimate of drug-likeness (QED) is 0.513. The number of hydrogen-bond donors (Lipinski definition) is 1. The van der Waals surface area contributed by atoms with E-state index in [1.54, 1.807) is 6.20 Å². The third-order valence-corrected chi connectivity index (χ3v) is 3.62. The van der Waals surface area contributed by atoms with Gasteiger partial charge in [0.15, 0.2) is 0 Å². The van der Waals surface area contributed by atoms with Crippen LogP contribution in [-0.2, 0) is 11.3 Å². The number of halogens is 3. The average molecular weight is 327 g/mol. The van der Waals surface area contributed by atoms with Gasteiger partial charge in [-0.1, -0.05) is 11.6 Å². The lowest BCUT2D eigenvalue weighted by Crippen LogP contribution is -2.30. The molecule has 0 saturated carbocycles. The van der Waals surface area contributed by atoms with Gasteiger partial charge in [-0.05, 0) is 49.9 Å². The first-order valence-corrected chi connectivity index (χ1v) is 6.96. The summed E-state index contributed by atoms with van der Waals surface area (Å²) in [6.07, 6.45) is 5.25. The minimum Gasteiger partial charge on any atom is -0.377 e. The molecule has 0 bridgehead atoms. The van der Waals surface area contributed by atoms with Crippen LogP contribution in [0.15, 0.2) is 6.20 Å². The molecule has 0 radical (unpaired) electrons. The summed E-state index contributed by atoms with van der Waals surface area (Å²) < 4.78 is 5.61. The molecule has 4 nitrogen and oxygen atoms in total. The molecule has 1 aromatic heterocycles. The Morgan fingerprint density at radius 1 is 1.42 bits per heavy atom. The summed E-state index contributed by atoms with van der Waals surface area (Å²) in [7, 11) is 0. The Morgan fingerprint density at radius 2 is 2.26 bits per heavy atom. The van der Waals surface area contributed by atoms with Crippen molar-refractivity contribution in [3.05, 3.63) is 22.2 Å². The number of nitrogens with one attached hydrogen (secondary N) is 1. The second kappa shape index (κ2) is 8.93. The van der Waals surface area contributed by atoms with E-state index in [9.17, 15) is 0 Å². The van der Waals surface area contributed by atoms with Gasteiger partial charge in [-0.15, -0.1) is 12.4 Å². The Morgan fingerprint density at radius 3 is 2.95 bits per heavy atom. The van der Waals surface area contributed by atoms with Crippen LogP contribution in [0.25, 0.3) is 0 Å². The molecule has 0 amide bonds. The molecule has 108 valence electrons. The predicted molar refractivity (Wildman–Crippen MR) is 79.2 cm³/mol. The van der Waals surface area contributed by atoms with Crippen molar-refractivity contribution in [2.24, 2.45) is 5.92 Å². The second-order valence-electron chi connectivity index (χ2n) is 4.51. The fourth-order valence-corrected chi connectivity index (χ4v) is 2.43. The predicted octanol–water partition coefficient (Wildman–Crippen LogP) is 3.11. The van der Waals surface area contributed by atoms with Gasteiger partial charge in [0.2, 0.25) is 5.28 Å². The number of aromatic nitrogens is 2. The van der Waals surface area contributed by atoms with E-state index in [1.165, 1.54) is 12.8 Å². The van der Waals surface area contributed by atoms with Crippen molar-refractivity contribution in [2.45, 2.75) is 25.9 Å². The molecule has 7 heteroatoms. The van der Waals surface area contributed by atoms with Crippen molar-refractivity contribution in [1.82, 2.24) is 15.3 Å². The zero-order chi connectivity index (χ0) is 12.8. The SMILES string of the molecule is Cl.Clc1ncc(COCCC2CCCNC2)c(Cl)n1. The highest BCUT2D eigenvalue weighted by Gasteiger charge is 2.12. The minimum atomic E-state index is 0. The van der Waals surface area contributed by atoms with Gasteiger partial charge < -0.3 is 10.1 Å². The van der Waals surface area contributed by atoms with Gasteiger partial charge >= 0.3 is 0 Å². The van der Waals surface area contributed by atoms with Gasteiger partial charge in [0, 0.05) is 18.4 Å². The lowest BCUT2D eigenvalue weighted by molar-refractivity contribution is 0.103. The Bertz CT molecular complexity index is 386. The van der Waals surface area contributed by atoms with Gasteiger partial charge in [0.25, 0.3) is 0 Å². The van der Waals surface area contributed by atoms with Crippen molar-refractivity contribution in [2.75, 3.05) is 19.7 Å². The fraction of sp³-hybridized carbons (Fsp3) is 0.667. The standard InChI is InChI=1S/C12H17Cl2N3O.ClH/c13-11-10(7-16-12(14)17-11)8-18-5-3-9-2-1-4-15-6-9;/h7,9,15H,1-6,8H2;1H. The molecule has 1 unspecified atom stereocenters. The summed E-state index contributed by atoms with van der Waals surface area (Å²) in [6.45, 7) is 3.44. The van der Waals surface area contributed by atoms with E-state index in [1.807, 2.05) is 0 Å². The van der Waals surface area contributed by atoms with Crippen molar-refractivity contribution < 1.29 is 4.74 Å². The smallest absolute Gasteiger partial charge is 0.223 e. The molecule has 19 heavy (non-hydrogen) atoms. The van der Waals surface area contributed by atoms with Crippen LogP contribution in [0.1, 0.15) is 24.8 Å². The third kappa shape index (κ3) is 5.79. The maximum Gasteiger partial charge on any atom is 0.223 e. The van der Waals surface area contributed by atoms with E-state index in [0.29, 0.717) is 11.8 Å². The first-order chi connectivity index (χ1) is 8.75. The Labute approximate surface area is 129 Å². The average Bonchev–Trinajstić information content (AvgIpc) is 2.38. The molecule has 2 rings (SSSR count). The van der Waals surface area contributed by atoms with E-state index in [-0.39, 0.29) is 17.7 Å². The molecule has 0 aromatic carbocycles. The van der Waals surface area contributed by atoms with Gasteiger partial charge in [-0.25, -0.2) is 9.97 Å². The highest BCUT2D eigenvalue weighted by molar-refractivity contribution is 6.32. The van der Waals surface area contributed by atoms with Crippen LogP contribution in [-0.4, -0.2) is 29.7 Å². The van der Waals surface area contributed by atoms with Crippen LogP contribution >= 0.6 is 35.6 Å². The van der Waals surface area contributed by atoms with Crippen molar-refractivity contribution in [3.63, 3.8) is 0 Å². The summed E-state index contributed by atoms with van der Waals surface area (Å²) in [4.78, 5) is 7.76. The Hall–Kier alpha value is -0.130. The minimum absolute atomic E-state index is 0. The van der Waals surface area contributed by atoms with Crippen LogP contribution in [0, 0.1) is 5.92 Å². The third-order valence-electron chi connectivity index (χ3n) is 3.11. The zero-order valence-electron chi connectivity index (χ0n) is 10.6. The molecule has 1 fully saturated rings. The topological polar surface area (TPSA) is 47.0 Å². The molecule has 0 aliphatic carbocycles. The molecular weight excluding hydrogens is 309 g/mol. The summed E-state index contributed by atoms with van der Waals surface area (Å²) in [5.41, 5.74) is 0.780. The number of ether oxygens (including phenoxy) is 1. The molecule has 1 N–H and O–H groups in total. The summed E-state index contributed by atoms with van der Waals surface area (Å²) in [5, 5.41) is 3.93. The van der Waals surface area contributed by atoms with E-state index in [4.69, 9.17) is 27.9 Å². The van der Waals surface area contributed by atoms with Crippen LogP contribution in [0.4, 0.5) is 0 Å². The molecule has 1 aromatic rings. The highest BCUT2D eigenvalue weighted by atomic mass is 35.5. The van der Waals surface area contributed by atoms with Gasteiger partial charge in [0.1, 0.15) is 5.15 Å². The van der Waals surface area contributed by atoms with E-state index in [0.717, 1.165) is 37.6 Å². The Balaban J connectivity index is 0.00000180. The molecule has 1 saturated heterocycles. The first-order valence-electron chi connectivity index (χ1n) is 6.21. The first kappa shape index (κ1) is 16.9. The molecule has 2 heterocycles. The lowest BCUT2D eigenvalue weighted by atomic mass is 9.97. The molecule has 1 atom stereocenters. The largest absolute Gasteiger partial charge is 0.377 e. The number of nitrogens with zero attached hydrogens (tertiary/aromatic N) is 2. The summed E-state index contributed by atoms with van der Waals surface area (Å²) in [6, 6.07) is 0. The molecular formula is C12H18Cl3N3O. The Kier molecular flexibility index (Phi) is 7.95. The molecule has 1 aliphatic rings. The van der Waals surface area contributed by atoms with Crippen LogP contribution in [0.3, 0.4) is 0 Å². The molecule has 1 aliphatic heterocycles. The maximum atomic E-state index is 5.93. The van der Waals surface area contributed by atoms with Crippen molar-refractivity contribution >= 4 is 35.6 Å². The van der Waals surface area contributed by atoms with E-state index >= 15 is 0 Å². The molecule has 0 spiro atoms. The van der Waals surface area contributed by atoms with Crippen molar-refractivity contribution in [3.8, 4) is 0 Å². The second-order valence-corrected chi connectivity index (χ2v) is 5.20. The lowest BCUT2D eigenvalue weighted by Gasteiger charge is -2.22.